The van der Waals surface area contributed by atoms with Crippen molar-refractivity contribution >= 4 is 0 Å². The number of aliphatic hydroxyl groups is 3. The third-order valence-electron chi connectivity index (χ3n) is 3.86. The highest BCUT2D eigenvalue weighted by Gasteiger charge is 2.15. The van der Waals surface area contributed by atoms with Crippen molar-refractivity contribution in [2.45, 2.75) is 31.8 Å². The summed E-state index contributed by atoms with van der Waals surface area (Å²) in [6, 6.07) is 17.2. The van der Waals surface area contributed by atoms with Gasteiger partial charge in [0.2, 0.25) is 0 Å². The molecular weight excluding hydrogens is 290 g/mol. The average molecular weight is 315 g/mol. The Hall–Kier alpha value is -1.72. The van der Waals surface area contributed by atoms with E-state index >= 15 is 0 Å². The lowest BCUT2D eigenvalue weighted by atomic mass is 10.0. The molecule has 0 fully saturated rings. The van der Waals surface area contributed by atoms with Crippen LogP contribution < -0.4 is 0 Å². The van der Waals surface area contributed by atoms with Crippen molar-refractivity contribution in [3.05, 3.63) is 71.3 Å². The molecule has 2 aromatic rings. The van der Waals surface area contributed by atoms with E-state index in [0.29, 0.717) is 6.54 Å². The zero-order chi connectivity index (χ0) is 16.7. The van der Waals surface area contributed by atoms with Crippen LogP contribution in [0, 0.1) is 0 Å². The molecule has 3 N–H and O–H groups in total. The highest BCUT2D eigenvalue weighted by Crippen LogP contribution is 2.19. The minimum absolute atomic E-state index is 0.0106. The quantitative estimate of drug-likeness (QED) is 0.698. The summed E-state index contributed by atoms with van der Waals surface area (Å²) in [6.45, 7) is 1.25. The number of aliphatic hydroxyl groups excluding tert-OH is 3. The molecule has 2 atom stereocenters. The Bertz CT molecular complexity index is 571. The molecule has 0 aliphatic carbocycles. The van der Waals surface area contributed by atoms with Gasteiger partial charge < -0.3 is 15.3 Å². The van der Waals surface area contributed by atoms with Crippen molar-refractivity contribution < 1.29 is 15.3 Å². The Labute approximate surface area is 137 Å². The maximum absolute atomic E-state index is 10.2. The van der Waals surface area contributed by atoms with Crippen molar-refractivity contribution in [1.29, 1.82) is 0 Å². The first-order chi connectivity index (χ1) is 11.1. The SMILES string of the molecule is CN(Cc1ccccc1)CC(O)CC(O)c1ccc(CO)cc1. The lowest BCUT2D eigenvalue weighted by molar-refractivity contribution is 0.0580. The zero-order valence-electron chi connectivity index (χ0n) is 13.5. The Morgan fingerprint density at radius 1 is 0.913 bits per heavy atom. The summed E-state index contributed by atoms with van der Waals surface area (Å²) < 4.78 is 0. The van der Waals surface area contributed by atoms with Crippen LogP contribution in [0.25, 0.3) is 0 Å². The number of hydrogen-bond acceptors (Lipinski definition) is 4. The predicted molar refractivity (Wildman–Crippen MR) is 90.7 cm³/mol. The second-order valence-electron chi connectivity index (χ2n) is 5.99. The van der Waals surface area contributed by atoms with Gasteiger partial charge in [0, 0.05) is 19.5 Å². The predicted octanol–water partition coefficient (Wildman–Crippen LogP) is 2.10. The van der Waals surface area contributed by atoms with Gasteiger partial charge in [0.05, 0.1) is 18.8 Å². The summed E-state index contributed by atoms with van der Waals surface area (Å²) in [5, 5.41) is 29.4. The van der Waals surface area contributed by atoms with Crippen LogP contribution in [0.1, 0.15) is 29.2 Å². The summed E-state index contributed by atoms with van der Waals surface area (Å²) in [5.41, 5.74) is 2.76. The van der Waals surface area contributed by atoms with Crippen molar-refractivity contribution in [3.8, 4) is 0 Å². The summed E-state index contributed by atoms with van der Waals surface area (Å²) in [6.07, 6.45) is -1.02. The molecule has 0 heterocycles. The van der Waals surface area contributed by atoms with E-state index < -0.39 is 12.2 Å². The van der Waals surface area contributed by atoms with E-state index in [4.69, 9.17) is 5.11 Å². The first-order valence-corrected chi connectivity index (χ1v) is 7.86. The van der Waals surface area contributed by atoms with Gasteiger partial charge in [0.1, 0.15) is 0 Å². The van der Waals surface area contributed by atoms with Gasteiger partial charge >= 0.3 is 0 Å². The molecule has 0 aliphatic rings. The van der Waals surface area contributed by atoms with E-state index in [1.54, 1.807) is 24.3 Å². The van der Waals surface area contributed by atoms with Gasteiger partial charge in [-0.2, -0.15) is 0 Å². The molecular formula is C19H25NO3. The third-order valence-corrected chi connectivity index (χ3v) is 3.86. The van der Waals surface area contributed by atoms with Crippen LogP contribution >= 0.6 is 0 Å². The molecule has 0 radical (unpaired) electrons. The molecule has 2 aromatic carbocycles. The van der Waals surface area contributed by atoms with Crippen LogP contribution in [-0.2, 0) is 13.2 Å². The van der Waals surface area contributed by atoms with Crippen molar-refractivity contribution in [2.24, 2.45) is 0 Å². The van der Waals surface area contributed by atoms with E-state index in [0.717, 1.165) is 17.7 Å². The van der Waals surface area contributed by atoms with Crippen LogP contribution in [0.15, 0.2) is 54.6 Å². The number of rotatable bonds is 8. The first kappa shape index (κ1) is 17.6. The molecule has 23 heavy (non-hydrogen) atoms. The molecule has 0 amide bonds. The lowest BCUT2D eigenvalue weighted by Crippen LogP contribution is -2.30. The van der Waals surface area contributed by atoms with Gasteiger partial charge in [0.25, 0.3) is 0 Å². The molecule has 0 spiro atoms. The first-order valence-electron chi connectivity index (χ1n) is 7.86. The van der Waals surface area contributed by atoms with Crippen LogP contribution in [-0.4, -0.2) is 39.9 Å². The van der Waals surface area contributed by atoms with Crippen molar-refractivity contribution in [2.75, 3.05) is 13.6 Å². The van der Waals surface area contributed by atoms with E-state index in [1.807, 2.05) is 30.1 Å². The number of hydrogen-bond donors (Lipinski definition) is 3. The van der Waals surface area contributed by atoms with E-state index in [-0.39, 0.29) is 13.0 Å². The fourth-order valence-corrected chi connectivity index (χ4v) is 2.63. The standard InChI is InChI=1S/C19H25NO3/c1-20(12-15-5-3-2-4-6-15)13-18(22)11-19(23)17-9-7-16(14-21)8-10-17/h2-10,18-19,21-23H,11-14H2,1H3. The zero-order valence-corrected chi connectivity index (χ0v) is 13.5. The van der Waals surface area contributed by atoms with E-state index in [9.17, 15) is 10.2 Å². The summed E-state index contributed by atoms with van der Waals surface area (Å²) in [5.74, 6) is 0. The average Bonchev–Trinajstić information content (AvgIpc) is 2.55. The second kappa shape index (κ2) is 8.79. The molecule has 2 rings (SSSR count). The number of nitrogens with zero attached hydrogens (tertiary/aromatic N) is 1. The van der Waals surface area contributed by atoms with Gasteiger partial charge in [-0.05, 0) is 23.7 Å². The molecule has 2 unspecified atom stereocenters. The van der Waals surface area contributed by atoms with Crippen LogP contribution in [0.5, 0.6) is 0 Å². The van der Waals surface area contributed by atoms with Crippen LogP contribution in [0.4, 0.5) is 0 Å². The number of likely N-dealkylation sites (N-methyl/N-ethyl adjacent to an activating group) is 1. The maximum Gasteiger partial charge on any atom is 0.0815 e. The fraction of sp³-hybridized carbons (Fsp3) is 0.368. The number of benzene rings is 2. The summed E-state index contributed by atoms with van der Waals surface area (Å²) >= 11 is 0. The molecule has 0 aliphatic heterocycles. The van der Waals surface area contributed by atoms with Crippen LogP contribution in [0.3, 0.4) is 0 Å². The molecule has 4 heteroatoms. The Morgan fingerprint density at radius 2 is 1.57 bits per heavy atom. The molecule has 0 saturated heterocycles. The maximum atomic E-state index is 10.2. The van der Waals surface area contributed by atoms with Crippen molar-refractivity contribution in [1.82, 2.24) is 4.90 Å². The molecule has 0 saturated carbocycles. The van der Waals surface area contributed by atoms with E-state index in [1.165, 1.54) is 5.56 Å². The third kappa shape index (κ3) is 5.77. The smallest absolute Gasteiger partial charge is 0.0815 e. The Kier molecular flexibility index (Phi) is 6.74. The summed E-state index contributed by atoms with van der Waals surface area (Å²) in [4.78, 5) is 2.04. The summed E-state index contributed by atoms with van der Waals surface area (Å²) in [7, 11) is 1.96. The lowest BCUT2D eigenvalue weighted by Gasteiger charge is -2.22. The van der Waals surface area contributed by atoms with Gasteiger partial charge in [-0.1, -0.05) is 54.6 Å². The van der Waals surface area contributed by atoms with Gasteiger partial charge in [-0.3, -0.25) is 4.90 Å². The van der Waals surface area contributed by atoms with Gasteiger partial charge in [-0.25, -0.2) is 0 Å². The Morgan fingerprint density at radius 3 is 2.17 bits per heavy atom. The highest BCUT2D eigenvalue weighted by atomic mass is 16.3. The topological polar surface area (TPSA) is 63.9 Å². The largest absolute Gasteiger partial charge is 0.392 e. The Balaban J connectivity index is 1.81. The fourth-order valence-electron chi connectivity index (χ4n) is 2.63. The van der Waals surface area contributed by atoms with Crippen molar-refractivity contribution in [3.63, 3.8) is 0 Å². The van der Waals surface area contributed by atoms with Gasteiger partial charge in [0.15, 0.2) is 0 Å². The molecule has 0 bridgehead atoms. The van der Waals surface area contributed by atoms with Crippen LogP contribution in [0.2, 0.25) is 0 Å². The minimum atomic E-state index is -0.706. The normalized spacial score (nSPS) is 14.0. The van der Waals surface area contributed by atoms with Gasteiger partial charge in [-0.15, -0.1) is 0 Å². The monoisotopic (exact) mass is 315 g/mol. The molecule has 0 aromatic heterocycles. The molecule has 4 nitrogen and oxygen atoms in total. The van der Waals surface area contributed by atoms with E-state index in [2.05, 4.69) is 12.1 Å². The highest BCUT2D eigenvalue weighted by molar-refractivity contribution is 5.23. The second-order valence-corrected chi connectivity index (χ2v) is 5.99. The minimum Gasteiger partial charge on any atom is -0.392 e. The molecule has 124 valence electrons.